The zero-order valence-corrected chi connectivity index (χ0v) is 15.3. The first-order valence-electron chi connectivity index (χ1n) is 8.44. The predicted octanol–water partition coefficient (Wildman–Crippen LogP) is 4.98. The summed E-state index contributed by atoms with van der Waals surface area (Å²) in [6.07, 6.45) is 1.40. The molecule has 0 aliphatic carbocycles. The van der Waals surface area contributed by atoms with Crippen LogP contribution in [-0.4, -0.2) is 18.0 Å². The number of rotatable bonds is 5. The molecule has 0 radical (unpaired) electrons. The van der Waals surface area contributed by atoms with Gasteiger partial charge in [0.05, 0.1) is 11.4 Å². The van der Waals surface area contributed by atoms with Crippen LogP contribution < -0.4 is 10.2 Å². The van der Waals surface area contributed by atoms with Crippen LogP contribution in [0.25, 0.3) is 0 Å². The van der Waals surface area contributed by atoms with Crippen LogP contribution in [0.1, 0.15) is 33.6 Å². The molecule has 0 saturated heterocycles. The standard InChI is InChI=1S/C20H24N2OS/c1-4-20(2,3)21-19(23)13-14-22-15-9-5-7-11-17(15)24-18-12-8-6-10-16(18)22/h5-12H,4,13-14H2,1-3H3,(H,21,23). The van der Waals surface area contributed by atoms with Crippen molar-refractivity contribution in [1.82, 2.24) is 5.32 Å². The van der Waals surface area contributed by atoms with Crippen LogP contribution in [0.2, 0.25) is 0 Å². The molecule has 1 N–H and O–H groups in total. The number of anilines is 2. The van der Waals surface area contributed by atoms with Crippen LogP contribution in [0.5, 0.6) is 0 Å². The van der Waals surface area contributed by atoms with Gasteiger partial charge in [-0.05, 0) is 44.5 Å². The molecule has 1 heterocycles. The van der Waals surface area contributed by atoms with Crippen molar-refractivity contribution in [3.05, 3.63) is 48.5 Å². The van der Waals surface area contributed by atoms with Crippen molar-refractivity contribution >= 4 is 29.0 Å². The first kappa shape index (κ1) is 16.9. The smallest absolute Gasteiger partial charge is 0.222 e. The van der Waals surface area contributed by atoms with Gasteiger partial charge >= 0.3 is 0 Å². The van der Waals surface area contributed by atoms with Gasteiger partial charge in [-0.15, -0.1) is 0 Å². The Balaban J connectivity index is 1.79. The lowest BCUT2D eigenvalue weighted by Gasteiger charge is -2.33. The van der Waals surface area contributed by atoms with Crippen molar-refractivity contribution in [3.8, 4) is 0 Å². The van der Waals surface area contributed by atoms with Gasteiger partial charge in [0.25, 0.3) is 0 Å². The van der Waals surface area contributed by atoms with Gasteiger partial charge in [-0.2, -0.15) is 0 Å². The highest BCUT2D eigenvalue weighted by molar-refractivity contribution is 7.99. The van der Waals surface area contributed by atoms with Crippen LogP contribution in [0, 0.1) is 0 Å². The third kappa shape index (κ3) is 3.59. The summed E-state index contributed by atoms with van der Waals surface area (Å²) < 4.78 is 0. The molecular weight excluding hydrogens is 316 g/mol. The minimum atomic E-state index is -0.148. The minimum Gasteiger partial charge on any atom is -0.351 e. The maximum atomic E-state index is 12.3. The Morgan fingerprint density at radius 3 is 2.12 bits per heavy atom. The number of nitrogens with one attached hydrogen (secondary N) is 1. The number of amides is 1. The summed E-state index contributed by atoms with van der Waals surface area (Å²) in [6, 6.07) is 16.8. The number of carbonyl (C=O) groups is 1. The molecule has 24 heavy (non-hydrogen) atoms. The second-order valence-corrected chi connectivity index (χ2v) is 7.81. The van der Waals surface area contributed by atoms with Crippen molar-refractivity contribution < 1.29 is 4.79 Å². The van der Waals surface area contributed by atoms with E-state index in [1.54, 1.807) is 11.8 Å². The molecule has 1 aliphatic heterocycles. The van der Waals surface area contributed by atoms with Crippen LogP contribution in [-0.2, 0) is 4.79 Å². The van der Waals surface area contributed by atoms with Gasteiger partial charge in [0.1, 0.15) is 0 Å². The number of nitrogens with zero attached hydrogens (tertiary/aromatic N) is 1. The highest BCUT2D eigenvalue weighted by Gasteiger charge is 2.24. The second-order valence-electron chi connectivity index (χ2n) is 6.72. The third-order valence-electron chi connectivity index (χ3n) is 4.46. The lowest BCUT2D eigenvalue weighted by Crippen LogP contribution is -2.43. The Hall–Kier alpha value is -1.94. The highest BCUT2D eigenvalue weighted by atomic mass is 32.2. The van der Waals surface area contributed by atoms with Crippen molar-refractivity contribution in [1.29, 1.82) is 0 Å². The van der Waals surface area contributed by atoms with Crippen LogP contribution in [0.3, 0.4) is 0 Å². The summed E-state index contributed by atoms with van der Waals surface area (Å²) in [5.41, 5.74) is 2.22. The fourth-order valence-electron chi connectivity index (χ4n) is 2.76. The molecule has 0 bridgehead atoms. The number of hydrogen-bond acceptors (Lipinski definition) is 3. The Bertz CT molecular complexity index is 696. The Kier molecular flexibility index (Phi) is 4.86. The number of benzene rings is 2. The van der Waals surface area contributed by atoms with Gasteiger partial charge in [0.15, 0.2) is 0 Å². The predicted molar refractivity (Wildman–Crippen MR) is 101 cm³/mol. The van der Waals surface area contributed by atoms with E-state index in [-0.39, 0.29) is 11.4 Å². The van der Waals surface area contributed by atoms with E-state index in [0.717, 1.165) is 6.42 Å². The van der Waals surface area contributed by atoms with Crippen LogP contribution in [0.15, 0.2) is 58.3 Å². The van der Waals surface area contributed by atoms with Crippen molar-refractivity contribution in [2.75, 3.05) is 11.4 Å². The highest BCUT2D eigenvalue weighted by Crippen LogP contribution is 2.47. The normalized spacial score (nSPS) is 13.2. The Labute approximate surface area is 148 Å². The van der Waals surface area contributed by atoms with E-state index < -0.39 is 0 Å². The summed E-state index contributed by atoms with van der Waals surface area (Å²) in [4.78, 5) is 17.1. The monoisotopic (exact) mass is 340 g/mol. The van der Waals surface area contributed by atoms with E-state index in [1.165, 1.54) is 21.2 Å². The van der Waals surface area contributed by atoms with Crippen molar-refractivity contribution in [2.24, 2.45) is 0 Å². The largest absolute Gasteiger partial charge is 0.351 e. The maximum Gasteiger partial charge on any atom is 0.222 e. The topological polar surface area (TPSA) is 32.3 Å². The van der Waals surface area contributed by atoms with Gasteiger partial charge < -0.3 is 10.2 Å². The van der Waals surface area contributed by atoms with E-state index in [2.05, 4.69) is 79.5 Å². The van der Waals surface area contributed by atoms with Crippen molar-refractivity contribution in [3.63, 3.8) is 0 Å². The zero-order chi connectivity index (χ0) is 17.2. The number of fused-ring (bicyclic) bond motifs is 2. The van der Waals surface area contributed by atoms with Gasteiger partial charge in [-0.3, -0.25) is 4.79 Å². The van der Waals surface area contributed by atoms with Crippen LogP contribution >= 0.6 is 11.8 Å². The zero-order valence-electron chi connectivity index (χ0n) is 14.5. The minimum absolute atomic E-state index is 0.107. The molecule has 2 aromatic rings. The molecule has 0 atom stereocenters. The molecule has 1 amide bonds. The lowest BCUT2D eigenvalue weighted by molar-refractivity contribution is -0.122. The molecule has 0 spiro atoms. The van der Waals surface area contributed by atoms with Crippen molar-refractivity contribution in [2.45, 2.75) is 48.9 Å². The van der Waals surface area contributed by atoms with Gasteiger partial charge in [-0.25, -0.2) is 0 Å². The summed E-state index contributed by atoms with van der Waals surface area (Å²) in [6.45, 7) is 6.90. The molecule has 126 valence electrons. The molecule has 4 heteroatoms. The number of para-hydroxylation sites is 2. The second kappa shape index (κ2) is 6.89. The average molecular weight is 340 g/mol. The van der Waals surface area contributed by atoms with Gasteiger partial charge in [-0.1, -0.05) is 43.0 Å². The first-order valence-corrected chi connectivity index (χ1v) is 9.26. The summed E-state index contributed by atoms with van der Waals surface area (Å²) >= 11 is 1.79. The lowest BCUT2D eigenvalue weighted by atomic mass is 10.0. The van der Waals surface area contributed by atoms with E-state index in [0.29, 0.717) is 13.0 Å². The summed E-state index contributed by atoms with van der Waals surface area (Å²) in [5, 5.41) is 3.12. The molecule has 0 saturated carbocycles. The van der Waals surface area contributed by atoms with Gasteiger partial charge in [0, 0.05) is 28.3 Å². The average Bonchev–Trinajstić information content (AvgIpc) is 2.58. The Morgan fingerprint density at radius 1 is 1.04 bits per heavy atom. The molecule has 0 fully saturated rings. The van der Waals surface area contributed by atoms with E-state index in [9.17, 15) is 4.79 Å². The van der Waals surface area contributed by atoms with E-state index in [4.69, 9.17) is 0 Å². The molecule has 3 nitrogen and oxygen atoms in total. The molecule has 0 aromatic heterocycles. The molecule has 2 aromatic carbocycles. The number of hydrogen-bond donors (Lipinski definition) is 1. The summed E-state index contributed by atoms with van der Waals surface area (Å²) in [5.74, 6) is 0.107. The molecule has 3 rings (SSSR count). The van der Waals surface area contributed by atoms with E-state index in [1.807, 2.05) is 0 Å². The fraction of sp³-hybridized carbons (Fsp3) is 0.350. The first-order chi connectivity index (χ1) is 11.5. The molecule has 1 aliphatic rings. The maximum absolute atomic E-state index is 12.3. The SMILES string of the molecule is CCC(C)(C)NC(=O)CCN1c2ccccc2Sc2ccccc21. The molecular formula is C20H24N2OS. The quantitative estimate of drug-likeness (QED) is 0.833. The molecule has 0 unspecified atom stereocenters. The fourth-order valence-corrected chi connectivity index (χ4v) is 3.86. The number of carbonyl (C=O) groups excluding carboxylic acids is 1. The van der Waals surface area contributed by atoms with Crippen LogP contribution in [0.4, 0.5) is 11.4 Å². The third-order valence-corrected chi connectivity index (χ3v) is 5.59. The summed E-state index contributed by atoms with van der Waals surface area (Å²) in [7, 11) is 0. The van der Waals surface area contributed by atoms with E-state index >= 15 is 0 Å². The van der Waals surface area contributed by atoms with Gasteiger partial charge in [0.2, 0.25) is 5.91 Å². The Morgan fingerprint density at radius 2 is 1.58 bits per heavy atom.